The smallest absolute Gasteiger partial charge is 0.124 e. The Morgan fingerprint density at radius 2 is 1.75 bits per heavy atom. The van der Waals surface area contributed by atoms with Crippen LogP contribution < -0.4 is 10.1 Å². The lowest BCUT2D eigenvalue weighted by Crippen LogP contribution is -2.17. The number of ether oxygens (including phenoxy) is 1. The van der Waals surface area contributed by atoms with Gasteiger partial charge in [-0.2, -0.15) is 0 Å². The molecule has 0 saturated carbocycles. The third-order valence-electron chi connectivity index (χ3n) is 4.66. The molecule has 0 aliphatic carbocycles. The van der Waals surface area contributed by atoms with Crippen LogP contribution in [0.4, 0.5) is 0 Å². The molecule has 1 N–H and O–H groups in total. The molecule has 24 heavy (non-hydrogen) atoms. The predicted molar refractivity (Wildman–Crippen MR) is 105 cm³/mol. The molecule has 2 nitrogen and oxygen atoms in total. The number of hydrogen-bond donors (Lipinski definition) is 1. The highest BCUT2D eigenvalue weighted by molar-refractivity contribution is 5.87. The first-order valence-corrected chi connectivity index (χ1v) is 9.64. The van der Waals surface area contributed by atoms with Crippen molar-refractivity contribution in [1.29, 1.82) is 0 Å². The van der Waals surface area contributed by atoms with Gasteiger partial charge in [-0.3, -0.25) is 0 Å². The molecule has 0 amide bonds. The highest BCUT2D eigenvalue weighted by Crippen LogP contribution is 2.29. The quantitative estimate of drug-likeness (QED) is 0.505. The maximum atomic E-state index is 6.17. The van der Waals surface area contributed by atoms with Gasteiger partial charge < -0.3 is 10.1 Å². The van der Waals surface area contributed by atoms with E-state index >= 15 is 0 Å². The van der Waals surface area contributed by atoms with E-state index in [1.807, 2.05) is 0 Å². The van der Waals surface area contributed by atoms with Crippen molar-refractivity contribution in [3.05, 3.63) is 42.0 Å². The summed E-state index contributed by atoms with van der Waals surface area (Å²) in [5.41, 5.74) is 1.29. The zero-order valence-corrected chi connectivity index (χ0v) is 15.6. The van der Waals surface area contributed by atoms with Crippen LogP contribution >= 0.6 is 0 Å². The Kier molecular flexibility index (Phi) is 8.11. The van der Waals surface area contributed by atoms with E-state index < -0.39 is 0 Å². The van der Waals surface area contributed by atoms with Gasteiger partial charge in [0.15, 0.2) is 0 Å². The van der Waals surface area contributed by atoms with Crippen LogP contribution in [0.1, 0.15) is 64.9 Å². The van der Waals surface area contributed by atoms with E-state index in [-0.39, 0.29) is 6.10 Å². The van der Waals surface area contributed by atoms with Crippen molar-refractivity contribution in [2.24, 2.45) is 0 Å². The van der Waals surface area contributed by atoms with Gasteiger partial charge in [0.05, 0.1) is 6.10 Å². The molecular weight excluding hydrogens is 294 g/mol. The molecular formula is C22H33NO. The Morgan fingerprint density at radius 3 is 2.54 bits per heavy atom. The van der Waals surface area contributed by atoms with E-state index in [0.717, 1.165) is 25.3 Å². The number of nitrogens with one attached hydrogen (secondary N) is 1. The van der Waals surface area contributed by atoms with Crippen LogP contribution in [0, 0.1) is 0 Å². The van der Waals surface area contributed by atoms with Crippen molar-refractivity contribution in [3.8, 4) is 5.75 Å². The molecule has 2 aromatic rings. The number of hydrogen-bond acceptors (Lipinski definition) is 2. The third kappa shape index (κ3) is 5.52. The summed E-state index contributed by atoms with van der Waals surface area (Å²) in [5.74, 6) is 1.03. The number of benzene rings is 2. The second kappa shape index (κ2) is 10.4. The second-order valence-electron chi connectivity index (χ2n) is 6.69. The molecule has 1 unspecified atom stereocenters. The van der Waals surface area contributed by atoms with Crippen LogP contribution in [0.5, 0.6) is 5.75 Å². The molecule has 1 atom stereocenters. The zero-order valence-electron chi connectivity index (χ0n) is 15.6. The Balaban J connectivity index is 2.03. The molecule has 132 valence electrons. The van der Waals surface area contributed by atoms with Crippen molar-refractivity contribution >= 4 is 10.8 Å². The highest BCUT2D eigenvalue weighted by atomic mass is 16.5. The average molecular weight is 328 g/mol. The number of fused-ring (bicyclic) bond motifs is 1. The summed E-state index contributed by atoms with van der Waals surface area (Å²) in [4.78, 5) is 0. The molecule has 0 aromatic heterocycles. The number of rotatable bonds is 11. The van der Waals surface area contributed by atoms with E-state index in [2.05, 4.69) is 62.5 Å². The van der Waals surface area contributed by atoms with Crippen molar-refractivity contribution in [1.82, 2.24) is 5.32 Å². The lowest BCUT2D eigenvalue weighted by atomic mass is 10.0. The van der Waals surface area contributed by atoms with E-state index in [1.54, 1.807) is 0 Å². The van der Waals surface area contributed by atoms with Crippen molar-refractivity contribution < 1.29 is 4.74 Å². The zero-order chi connectivity index (χ0) is 17.2. The van der Waals surface area contributed by atoms with Gasteiger partial charge >= 0.3 is 0 Å². The Hall–Kier alpha value is -1.54. The predicted octanol–water partition coefficient (Wildman–Crippen LogP) is 6.08. The fraction of sp³-hybridized carbons (Fsp3) is 0.545. The molecule has 0 spiro atoms. The molecule has 0 fully saturated rings. The van der Waals surface area contributed by atoms with E-state index in [1.165, 1.54) is 48.4 Å². The van der Waals surface area contributed by atoms with Gasteiger partial charge in [-0.1, -0.05) is 69.9 Å². The van der Waals surface area contributed by atoms with E-state index in [9.17, 15) is 0 Å². The third-order valence-corrected chi connectivity index (χ3v) is 4.66. The van der Waals surface area contributed by atoms with E-state index in [4.69, 9.17) is 4.74 Å². The van der Waals surface area contributed by atoms with Gasteiger partial charge in [0.1, 0.15) is 5.75 Å². The first-order chi connectivity index (χ1) is 11.8. The lowest BCUT2D eigenvalue weighted by Gasteiger charge is -2.18. The largest absolute Gasteiger partial charge is 0.490 e. The van der Waals surface area contributed by atoms with Gasteiger partial charge in [-0.15, -0.1) is 0 Å². The first kappa shape index (κ1) is 18.8. The van der Waals surface area contributed by atoms with Gasteiger partial charge in [-0.25, -0.2) is 0 Å². The minimum atomic E-state index is 0.249. The molecule has 0 radical (unpaired) electrons. The van der Waals surface area contributed by atoms with E-state index in [0.29, 0.717) is 0 Å². The molecule has 0 aliphatic heterocycles. The maximum Gasteiger partial charge on any atom is 0.124 e. The van der Waals surface area contributed by atoms with Crippen LogP contribution in [0.3, 0.4) is 0 Å². The fourth-order valence-corrected chi connectivity index (χ4v) is 2.98. The minimum absolute atomic E-state index is 0.249. The van der Waals surface area contributed by atoms with Gasteiger partial charge in [0, 0.05) is 12.1 Å². The summed E-state index contributed by atoms with van der Waals surface area (Å²) in [5, 5.41) is 6.21. The van der Waals surface area contributed by atoms with Gasteiger partial charge in [0.25, 0.3) is 0 Å². The van der Waals surface area contributed by atoms with Crippen LogP contribution in [0.25, 0.3) is 10.8 Å². The van der Waals surface area contributed by atoms with Crippen LogP contribution in [0.15, 0.2) is 36.4 Å². The normalized spacial score (nSPS) is 12.5. The lowest BCUT2D eigenvalue weighted by molar-refractivity contribution is 0.215. The fourth-order valence-electron chi connectivity index (χ4n) is 2.98. The van der Waals surface area contributed by atoms with Crippen molar-refractivity contribution in [3.63, 3.8) is 0 Å². The van der Waals surface area contributed by atoms with Crippen LogP contribution in [-0.4, -0.2) is 12.6 Å². The molecule has 2 heteroatoms. The number of unbranched alkanes of at least 4 members (excludes halogenated alkanes) is 4. The monoisotopic (exact) mass is 327 g/mol. The molecule has 0 bridgehead atoms. The molecule has 0 heterocycles. The van der Waals surface area contributed by atoms with Gasteiger partial charge in [0.2, 0.25) is 0 Å². The van der Waals surface area contributed by atoms with Crippen LogP contribution in [-0.2, 0) is 6.54 Å². The van der Waals surface area contributed by atoms with Crippen molar-refractivity contribution in [2.75, 3.05) is 6.54 Å². The molecule has 2 aromatic carbocycles. The second-order valence-corrected chi connectivity index (χ2v) is 6.69. The minimum Gasteiger partial charge on any atom is -0.490 e. The highest BCUT2D eigenvalue weighted by Gasteiger charge is 2.11. The summed E-state index contributed by atoms with van der Waals surface area (Å²) in [6.45, 7) is 8.52. The molecule has 0 aliphatic rings. The van der Waals surface area contributed by atoms with Crippen LogP contribution in [0.2, 0.25) is 0 Å². The first-order valence-electron chi connectivity index (χ1n) is 9.64. The van der Waals surface area contributed by atoms with Gasteiger partial charge in [-0.05, 0) is 43.1 Å². The molecule has 2 rings (SSSR count). The Bertz CT molecular complexity index is 608. The summed E-state index contributed by atoms with van der Waals surface area (Å²) in [6, 6.07) is 12.9. The Morgan fingerprint density at radius 1 is 0.958 bits per heavy atom. The summed E-state index contributed by atoms with van der Waals surface area (Å²) >= 11 is 0. The SMILES string of the molecule is CCCCCCCNCc1c(OC(C)CC)ccc2ccccc12. The topological polar surface area (TPSA) is 21.3 Å². The van der Waals surface area contributed by atoms with Crippen molar-refractivity contribution in [2.45, 2.75) is 71.9 Å². The summed E-state index contributed by atoms with van der Waals surface area (Å²) in [6.07, 6.45) is 7.87. The molecule has 0 saturated heterocycles. The standard InChI is InChI=1S/C22H33NO/c1-4-6-7-8-11-16-23-17-21-20-13-10-9-12-19(20)14-15-22(21)24-18(3)5-2/h9-10,12-15,18,23H,4-8,11,16-17H2,1-3H3. The average Bonchev–Trinajstić information content (AvgIpc) is 2.62. The Labute approximate surface area is 147 Å². The summed E-state index contributed by atoms with van der Waals surface area (Å²) < 4.78 is 6.17. The summed E-state index contributed by atoms with van der Waals surface area (Å²) in [7, 11) is 0. The maximum absolute atomic E-state index is 6.17.